The van der Waals surface area contributed by atoms with Crippen LogP contribution < -0.4 is 5.32 Å². The van der Waals surface area contributed by atoms with Crippen LogP contribution in [-0.4, -0.2) is 30.6 Å². The zero-order valence-electron chi connectivity index (χ0n) is 12.8. The first-order chi connectivity index (χ1) is 9.88. The molecule has 1 aliphatic heterocycles. The summed E-state index contributed by atoms with van der Waals surface area (Å²) in [5, 5.41) is 3.61. The van der Waals surface area contributed by atoms with Crippen LogP contribution in [0.15, 0.2) is 24.3 Å². The Kier molecular flexibility index (Phi) is 4.74. The average Bonchev–Trinajstić information content (AvgIpc) is 2.64. The van der Waals surface area contributed by atoms with Gasteiger partial charge in [0.15, 0.2) is 0 Å². The molecule has 1 heterocycles. The van der Waals surface area contributed by atoms with E-state index in [9.17, 15) is 0 Å². The van der Waals surface area contributed by atoms with E-state index in [0.717, 1.165) is 12.0 Å². The highest BCUT2D eigenvalue weighted by Crippen LogP contribution is 2.34. The number of nitrogens with one attached hydrogen (secondary N) is 1. The molecule has 2 nitrogen and oxygen atoms in total. The van der Waals surface area contributed by atoms with Gasteiger partial charge in [0.05, 0.1) is 0 Å². The van der Waals surface area contributed by atoms with Crippen LogP contribution in [-0.2, 0) is 13.0 Å². The fraction of sp³-hybridized carbons (Fsp3) is 0.667. The Morgan fingerprint density at radius 1 is 1.20 bits per heavy atom. The Hall–Kier alpha value is -0.860. The third-order valence-corrected chi connectivity index (χ3v) is 5.06. The van der Waals surface area contributed by atoms with Crippen LogP contribution in [0.25, 0.3) is 0 Å². The van der Waals surface area contributed by atoms with E-state index in [-0.39, 0.29) is 0 Å². The van der Waals surface area contributed by atoms with Crippen LogP contribution in [0.5, 0.6) is 0 Å². The van der Waals surface area contributed by atoms with Gasteiger partial charge in [-0.2, -0.15) is 0 Å². The maximum Gasteiger partial charge on any atom is 0.0239 e. The van der Waals surface area contributed by atoms with Gasteiger partial charge in [-0.3, -0.25) is 4.90 Å². The van der Waals surface area contributed by atoms with E-state index in [4.69, 9.17) is 0 Å². The SMILES string of the molecule is CCCNCC1CCC1N1CCCc2ccccc2C1. The molecule has 1 fully saturated rings. The monoisotopic (exact) mass is 272 g/mol. The van der Waals surface area contributed by atoms with Gasteiger partial charge in [-0.15, -0.1) is 0 Å². The molecule has 1 aliphatic carbocycles. The summed E-state index contributed by atoms with van der Waals surface area (Å²) in [5.74, 6) is 0.881. The smallest absolute Gasteiger partial charge is 0.0239 e. The van der Waals surface area contributed by atoms with Crippen molar-refractivity contribution >= 4 is 0 Å². The quantitative estimate of drug-likeness (QED) is 0.828. The molecular weight excluding hydrogens is 244 g/mol. The van der Waals surface area contributed by atoms with Gasteiger partial charge in [-0.1, -0.05) is 31.2 Å². The van der Waals surface area contributed by atoms with Crippen LogP contribution in [0.4, 0.5) is 0 Å². The van der Waals surface area contributed by atoms with Crippen molar-refractivity contribution in [3.63, 3.8) is 0 Å². The average molecular weight is 272 g/mol. The van der Waals surface area contributed by atoms with Gasteiger partial charge in [0.1, 0.15) is 0 Å². The number of hydrogen-bond donors (Lipinski definition) is 1. The predicted molar refractivity (Wildman–Crippen MR) is 84.8 cm³/mol. The zero-order valence-corrected chi connectivity index (χ0v) is 12.8. The molecule has 2 heteroatoms. The van der Waals surface area contributed by atoms with Crippen molar-refractivity contribution in [1.82, 2.24) is 10.2 Å². The second-order valence-corrected chi connectivity index (χ2v) is 6.45. The molecule has 0 bridgehead atoms. The number of rotatable bonds is 5. The highest BCUT2D eigenvalue weighted by molar-refractivity contribution is 5.28. The lowest BCUT2D eigenvalue weighted by Crippen LogP contribution is -2.50. The summed E-state index contributed by atoms with van der Waals surface area (Å²) in [4.78, 5) is 2.76. The highest BCUT2D eigenvalue weighted by atomic mass is 15.2. The molecule has 0 radical (unpaired) electrons. The van der Waals surface area contributed by atoms with E-state index >= 15 is 0 Å². The number of aryl methyl sites for hydroxylation is 1. The molecule has 0 amide bonds. The molecule has 3 rings (SSSR count). The molecule has 2 atom stereocenters. The number of fused-ring (bicyclic) bond motifs is 1. The van der Waals surface area contributed by atoms with Gasteiger partial charge >= 0.3 is 0 Å². The largest absolute Gasteiger partial charge is 0.316 e. The lowest BCUT2D eigenvalue weighted by molar-refractivity contribution is 0.0566. The Labute approximate surface area is 123 Å². The van der Waals surface area contributed by atoms with Crippen LogP contribution in [0, 0.1) is 5.92 Å². The van der Waals surface area contributed by atoms with Gasteiger partial charge in [0.25, 0.3) is 0 Å². The lowest BCUT2D eigenvalue weighted by Gasteiger charge is -2.44. The van der Waals surface area contributed by atoms with Crippen LogP contribution >= 0.6 is 0 Å². The molecule has 1 aromatic carbocycles. The summed E-state index contributed by atoms with van der Waals surface area (Å²) in [5.41, 5.74) is 3.15. The van der Waals surface area contributed by atoms with Crippen molar-refractivity contribution in [1.29, 1.82) is 0 Å². The van der Waals surface area contributed by atoms with Gasteiger partial charge in [0, 0.05) is 12.6 Å². The molecule has 1 saturated carbocycles. The van der Waals surface area contributed by atoms with Crippen molar-refractivity contribution in [2.75, 3.05) is 19.6 Å². The number of benzene rings is 1. The minimum absolute atomic E-state index is 0.825. The third kappa shape index (κ3) is 3.07. The number of nitrogens with zero attached hydrogens (tertiary/aromatic N) is 1. The topological polar surface area (TPSA) is 15.3 Å². The predicted octanol–water partition coefficient (Wildman–Crippen LogP) is 3.21. The van der Waals surface area contributed by atoms with Crippen molar-refractivity contribution in [2.45, 2.75) is 51.6 Å². The molecule has 0 spiro atoms. The summed E-state index contributed by atoms with van der Waals surface area (Å²) >= 11 is 0. The van der Waals surface area contributed by atoms with Crippen molar-refractivity contribution in [2.24, 2.45) is 5.92 Å². The minimum Gasteiger partial charge on any atom is -0.316 e. The standard InChI is InChI=1S/C18H28N2/c1-2-11-19-13-16-9-10-18(16)20-12-5-8-15-6-3-4-7-17(15)14-20/h3-4,6-7,16,18-19H,2,5,8-14H2,1H3. The summed E-state index contributed by atoms with van der Waals surface area (Å²) in [6.07, 6.45) is 6.65. The normalized spacial score (nSPS) is 26.6. The maximum absolute atomic E-state index is 3.61. The van der Waals surface area contributed by atoms with Gasteiger partial charge in [0.2, 0.25) is 0 Å². The Balaban J connectivity index is 1.60. The highest BCUT2D eigenvalue weighted by Gasteiger charge is 2.35. The summed E-state index contributed by atoms with van der Waals surface area (Å²) < 4.78 is 0. The van der Waals surface area contributed by atoms with Crippen LogP contribution in [0.1, 0.15) is 43.7 Å². The van der Waals surface area contributed by atoms with E-state index in [1.807, 2.05) is 0 Å². The number of hydrogen-bond acceptors (Lipinski definition) is 2. The first-order valence-electron chi connectivity index (χ1n) is 8.40. The Morgan fingerprint density at radius 3 is 2.80 bits per heavy atom. The molecule has 0 saturated heterocycles. The van der Waals surface area contributed by atoms with E-state index in [2.05, 4.69) is 41.4 Å². The van der Waals surface area contributed by atoms with Crippen molar-refractivity contribution in [3.05, 3.63) is 35.4 Å². The molecule has 2 aliphatic rings. The van der Waals surface area contributed by atoms with E-state index in [0.29, 0.717) is 0 Å². The fourth-order valence-corrected chi connectivity index (χ4v) is 3.74. The second kappa shape index (κ2) is 6.73. The summed E-state index contributed by atoms with van der Waals surface area (Å²) in [6.45, 7) is 7.09. The maximum atomic E-state index is 3.61. The molecule has 1 N–H and O–H groups in total. The van der Waals surface area contributed by atoms with Gasteiger partial charge in [-0.05, 0) is 68.8 Å². The summed E-state index contributed by atoms with van der Waals surface area (Å²) in [7, 11) is 0. The molecule has 20 heavy (non-hydrogen) atoms. The van der Waals surface area contributed by atoms with Crippen LogP contribution in [0.3, 0.4) is 0 Å². The molecule has 1 aromatic rings. The van der Waals surface area contributed by atoms with E-state index in [1.165, 1.54) is 58.3 Å². The summed E-state index contributed by atoms with van der Waals surface area (Å²) in [6, 6.07) is 9.86. The van der Waals surface area contributed by atoms with E-state index in [1.54, 1.807) is 11.1 Å². The minimum atomic E-state index is 0.825. The molecular formula is C18H28N2. The molecule has 2 unspecified atom stereocenters. The third-order valence-electron chi connectivity index (χ3n) is 5.06. The second-order valence-electron chi connectivity index (χ2n) is 6.45. The van der Waals surface area contributed by atoms with Gasteiger partial charge in [-0.25, -0.2) is 0 Å². The molecule has 0 aromatic heterocycles. The Morgan fingerprint density at radius 2 is 2.05 bits per heavy atom. The van der Waals surface area contributed by atoms with E-state index < -0.39 is 0 Å². The first kappa shape index (κ1) is 14.1. The molecule has 110 valence electrons. The zero-order chi connectivity index (χ0) is 13.8. The Bertz CT molecular complexity index is 429. The van der Waals surface area contributed by atoms with Gasteiger partial charge < -0.3 is 5.32 Å². The van der Waals surface area contributed by atoms with Crippen LogP contribution in [0.2, 0.25) is 0 Å². The van der Waals surface area contributed by atoms with Crippen molar-refractivity contribution < 1.29 is 0 Å². The fourth-order valence-electron chi connectivity index (χ4n) is 3.74. The lowest BCUT2D eigenvalue weighted by atomic mass is 9.78. The first-order valence-corrected chi connectivity index (χ1v) is 8.40. The van der Waals surface area contributed by atoms with Crippen molar-refractivity contribution in [3.8, 4) is 0 Å².